The number of nitrogens with zero attached hydrogens (tertiary/aromatic N) is 2. The minimum absolute atomic E-state index is 0.659. The van der Waals surface area contributed by atoms with Gasteiger partial charge in [0.05, 0.1) is 11.3 Å². The van der Waals surface area contributed by atoms with E-state index >= 15 is 0 Å². The van der Waals surface area contributed by atoms with Gasteiger partial charge in [0.2, 0.25) is 0 Å². The van der Waals surface area contributed by atoms with Gasteiger partial charge < -0.3 is 10.2 Å². The van der Waals surface area contributed by atoms with Gasteiger partial charge in [0.1, 0.15) is 6.07 Å². The molecule has 1 aliphatic carbocycles. The van der Waals surface area contributed by atoms with Crippen molar-refractivity contribution in [3.05, 3.63) is 29.3 Å². The van der Waals surface area contributed by atoms with Crippen LogP contribution in [0.25, 0.3) is 0 Å². The lowest BCUT2D eigenvalue weighted by Crippen LogP contribution is -2.39. The van der Waals surface area contributed by atoms with E-state index in [-0.39, 0.29) is 0 Å². The third-order valence-corrected chi connectivity index (χ3v) is 4.42. The Morgan fingerprint density at radius 1 is 1.35 bits per heavy atom. The number of nitrogens with one attached hydrogen (secondary N) is 1. The van der Waals surface area contributed by atoms with Gasteiger partial charge in [-0.3, -0.25) is 0 Å². The van der Waals surface area contributed by atoms with E-state index < -0.39 is 0 Å². The molecule has 2 aliphatic rings. The van der Waals surface area contributed by atoms with E-state index in [9.17, 15) is 5.26 Å². The molecule has 1 aromatic carbocycles. The van der Waals surface area contributed by atoms with E-state index in [2.05, 4.69) is 35.3 Å². The summed E-state index contributed by atoms with van der Waals surface area (Å²) in [6, 6.07) is 9.33. The molecule has 1 heterocycles. The summed E-state index contributed by atoms with van der Waals surface area (Å²) in [5.74, 6) is 0.720. The van der Waals surface area contributed by atoms with E-state index in [0.29, 0.717) is 6.04 Å². The molecule has 20 heavy (non-hydrogen) atoms. The topological polar surface area (TPSA) is 39.1 Å². The molecule has 2 fully saturated rings. The van der Waals surface area contributed by atoms with Crippen molar-refractivity contribution in [3.63, 3.8) is 0 Å². The summed E-state index contributed by atoms with van der Waals surface area (Å²) in [7, 11) is 0. The third kappa shape index (κ3) is 2.96. The van der Waals surface area contributed by atoms with Crippen molar-refractivity contribution in [2.75, 3.05) is 24.5 Å². The lowest BCUT2D eigenvalue weighted by Gasteiger charge is -2.32. The predicted octanol–water partition coefficient (Wildman–Crippen LogP) is 2.84. The molecular formula is C17H23N3. The first-order valence-electron chi connectivity index (χ1n) is 7.76. The van der Waals surface area contributed by atoms with E-state index in [0.717, 1.165) is 36.8 Å². The molecule has 0 radical (unpaired) electrons. The Balaban J connectivity index is 1.81. The summed E-state index contributed by atoms with van der Waals surface area (Å²) in [4.78, 5) is 2.50. The van der Waals surface area contributed by atoms with Crippen LogP contribution < -0.4 is 10.2 Å². The van der Waals surface area contributed by atoms with Crippen molar-refractivity contribution < 1.29 is 0 Å². The Bertz CT molecular complexity index is 507. The number of anilines is 1. The van der Waals surface area contributed by atoms with Crippen LogP contribution in [0.15, 0.2) is 18.2 Å². The van der Waals surface area contributed by atoms with Gasteiger partial charge in [0.15, 0.2) is 0 Å². The highest BCUT2D eigenvalue weighted by molar-refractivity contribution is 5.61. The van der Waals surface area contributed by atoms with E-state index in [1.54, 1.807) is 0 Å². The molecule has 1 aromatic rings. The van der Waals surface area contributed by atoms with Crippen LogP contribution in [0.2, 0.25) is 0 Å². The Morgan fingerprint density at radius 3 is 2.85 bits per heavy atom. The van der Waals surface area contributed by atoms with E-state index in [1.807, 2.05) is 6.07 Å². The fourth-order valence-corrected chi connectivity index (χ4v) is 3.18. The average molecular weight is 269 g/mol. The van der Waals surface area contributed by atoms with Gasteiger partial charge in [-0.1, -0.05) is 6.07 Å². The average Bonchev–Trinajstić information content (AvgIpc) is 3.31. The molecule has 0 amide bonds. The van der Waals surface area contributed by atoms with Gasteiger partial charge in [0.25, 0.3) is 0 Å². The second-order valence-electron chi connectivity index (χ2n) is 6.23. The number of hydrogen-bond acceptors (Lipinski definition) is 3. The predicted molar refractivity (Wildman–Crippen MR) is 81.9 cm³/mol. The van der Waals surface area contributed by atoms with Gasteiger partial charge in [0, 0.05) is 12.6 Å². The zero-order valence-electron chi connectivity index (χ0n) is 12.2. The number of hydrogen-bond donors (Lipinski definition) is 1. The molecule has 1 atom stereocenters. The molecule has 106 valence electrons. The van der Waals surface area contributed by atoms with Gasteiger partial charge in [-0.2, -0.15) is 5.26 Å². The van der Waals surface area contributed by atoms with Crippen LogP contribution in [0.5, 0.6) is 0 Å². The van der Waals surface area contributed by atoms with Crippen LogP contribution in [0.1, 0.15) is 36.8 Å². The normalized spacial score (nSPS) is 22.3. The molecule has 1 N–H and O–H groups in total. The zero-order chi connectivity index (χ0) is 13.9. The van der Waals surface area contributed by atoms with Crippen molar-refractivity contribution in [2.45, 2.75) is 38.6 Å². The number of benzene rings is 1. The van der Waals surface area contributed by atoms with Crippen LogP contribution in [0, 0.1) is 24.2 Å². The Kier molecular flexibility index (Phi) is 3.93. The molecule has 3 nitrogen and oxygen atoms in total. The molecule has 3 heteroatoms. The van der Waals surface area contributed by atoms with Gasteiger partial charge in [-0.25, -0.2) is 0 Å². The SMILES string of the molecule is Cc1ccc(N(CC2CCCNC2)C2CC2)c(C#N)c1. The maximum Gasteiger partial charge on any atom is 0.101 e. The highest BCUT2D eigenvalue weighted by Gasteiger charge is 2.32. The summed E-state index contributed by atoms with van der Waals surface area (Å²) < 4.78 is 0. The first kappa shape index (κ1) is 13.5. The quantitative estimate of drug-likeness (QED) is 0.913. The summed E-state index contributed by atoms with van der Waals surface area (Å²) in [6.45, 7) is 5.43. The van der Waals surface area contributed by atoms with Crippen LogP contribution in [-0.4, -0.2) is 25.7 Å². The van der Waals surface area contributed by atoms with Crippen molar-refractivity contribution in [3.8, 4) is 6.07 Å². The number of aryl methyl sites for hydroxylation is 1. The van der Waals surface area contributed by atoms with Crippen LogP contribution in [0.4, 0.5) is 5.69 Å². The molecule has 0 aromatic heterocycles. The van der Waals surface area contributed by atoms with Gasteiger partial charge >= 0.3 is 0 Å². The van der Waals surface area contributed by atoms with Crippen LogP contribution in [0.3, 0.4) is 0 Å². The molecule has 0 bridgehead atoms. The highest BCUT2D eigenvalue weighted by atomic mass is 15.2. The minimum atomic E-state index is 0.659. The summed E-state index contributed by atoms with van der Waals surface area (Å²) in [6.07, 6.45) is 5.14. The fourth-order valence-electron chi connectivity index (χ4n) is 3.18. The molecule has 3 rings (SSSR count). The third-order valence-electron chi connectivity index (χ3n) is 4.42. The molecule has 1 unspecified atom stereocenters. The lowest BCUT2D eigenvalue weighted by atomic mass is 9.98. The maximum atomic E-state index is 9.41. The monoisotopic (exact) mass is 269 g/mol. The zero-order valence-corrected chi connectivity index (χ0v) is 12.2. The van der Waals surface area contributed by atoms with Gasteiger partial charge in [-0.05, 0) is 69.3 Å². The Labute approximate surface area is 121 Å². The molecule has 0 spiro atoms. The lowest BCUT2D eigenvalue weighted by molar-refractivity contribution is 0.376. The Hall–Kier alpha value is -1.53. The second-order valence-corrected chi connectivity index (χ2v) is 6.23. The van der Waals surface area contributed by atoms with Crippen LogP contribution in [-0.2, 0) is 0 Å². The summed E-state index contributed by atoms with van der Waals surface area (Å²) in [5.41, 5.74) is 3.15. The second kappa shape index (κ2) is 5.85. The smallest absolute Gasteiger partial charge is 0.101 e. The largest absolute Gasteiger partial charge is 0.367 e. The number of nitriles is 1. The van der Waals surface area contributed by atoms with Crippen molar-refractivity contribution in [2.24, 2.45) is 5.92 Å². The fraction of sp³-hybridized carbons (Fsp3) is 0.588. The molecule has 1 saturated heterocycles. The Morgan fingerprint density at radius 2 is 2.20 bits per heavy atom. The van der Waals surface area contributed by atoms with Gasteiger partial charge in [-0.15, -0.1) is 0 Å². The van der Waals surface area contributed by atoms with E-state index in [4.69, 9.17) is 0 Å². The summed E-state index contributed by atoms with van der Waals surface area (Å²) >= 11 is 0. The number of rotatable bonds is 4. The molecule has 1 saturated carbocycles. The van der Waals surface area contributed by atoms with Crippen LogP contribution >= 0.6 is 0 Å². The molecular weight excluding hydrogens is 246 g/mol. The first-order chi connectivity index (χ1) is 9.78. The van der Waals surface area contributed by atoms with Crippen molar-refractivity contribution in [1.29, 1.82) is 5.26 Å². The standard InChI is InChI=1S/C17H23N3/c1-13-4-7-17(15(9-13)10-18)20(16-5-6-16)12-14-3-2-8-19-11-14/h4,7,9,14,16,19H,2-3,5-6,8,11-12H2,1H3. The van der Waals surface area contributed by atoms with Crippen molar-refractivity contribution >= 4 is 5.69 Å². The first-order valence-corrected chi connectivity index (χ1v) is 7.76. The highest BCUT2D eigenvalue weighted by Crippen LogP contribution is 2.35. The van der Waals surface area contributed by atoms with E-state index in [1.165, 1.54) is 31.2 Å². The summed E-state index contributed by atoms with van der Waals surface area (Å²) in [5, 5.41) is 12.9. The minimum Gasteiger partial charge on any atom is -0.367 e. The molecule has 1 aliphatic heterocycles. The van der Waals surface area contributed by atoms with Crippen molar-refractivity contribution in [1.82, 2.24) is 5.32 Å². The maximum absolute atomic E-state index is 9.41. The number of piperidine rings is 1.